The molecule has 0 aromatic heterocycles. The van der Waals surface area contributed by atoms with Gasteiger partial charge in [-0.2, -0.15) is 0 Å². The standard InChI is InChI=1S/C19H22N4O4/c1-20-12-7-8-22(10-12)9-11-3-2-4-13-16(11)19(27)23(18(13)26)14-5-6-15(24)21-17(14)25/h2-4,12,14,20H,5-10H2,1H3,(H,21,24,25). The van der Waals surface area contributed by atoms with Crippen molar-refractivity contribution in [2.45, 2.75) is 37.9 Å². The molecule has 0 aliphatic carbocycles. The number of nitrogens with zero attached hydrogens (tertiary/aromatic N) is 2. The summed E-state index contributed by atoms with van der Waals surface area (Å²) in [7, 11) is 1.94. The highest BCUT2D eigenvalue weighted by Crippen LogP contribution is 2.31. The first kappa shape index (κ1) is 17.8. The number of imide groups is 2. The van der Waals surface area contributed by atoms with E-state index in [0.29, 0.717) is 23.7 Å². The molecule has 1 aromatic carbocycles. The molecule has 4 rings (SSSR count). The van der Waals surface area contributed by atoms with Crippen LogP contribution in [0.3, 0.4) is 0 Å². The number of amides is 4. The van der Waals surface area contributed by atoms with Crippen LogP contribution >= 0.6 is 0 Å². The van der Waals surface area contributed by atoms with E-state index in [4.69, 9.17) is 0 Å². The van der Waals surface area contributed by atoms with Gasteiger partial charge in [-0.15, -0.1) is 0 Å². The number of rotatable bonds is 4. The minimum absolute atomic E-state index is 0.121. The fraction of sp³-hybridized carbons (Fsp3) is 0.474. The number of piperidine rings is 1. The third-order valence-electron chi connectivity index (χ3n) is 5.63. The summed E-state index contributed by atoms with van der Waals surface area (Å²) in [6.45, 7) is 2.40. The van der Waals surface area contributed by atoms with Crippen molar-refractivity contribution in [1.29, 1.82) is 0 Å². The maximum absolute atomic E-state index is 13.1. The highest BCUT2D eigenvalue weighted by molar-refractivity contribution is 6.24. The Morgan fingerprint density at radius 1 is 1.15 bits per heavy atom. The normalized spacial score (nSPS) is 25.9. The zero-order valence-electron chi connectivity index (χ0n) is 15.2. The molecular formula is C19H22N4O4. The summed E-state index contributed by atoms with van der Waals surface area (Å²) >= 11 is 0. The molecule has 8 heteroatoms. The minimum Gasteiger partial charge on any atom is -0.316 e. The Labute approximate surface area is 156 Å². The molecule has 2 saturated heterocycles. The molecule has 2 unspecified atom stereocenters. The van der Waals surface area contributed by atoms with Crippen LogP contribution in [0.4, 0.5) is 0 Å². The average Bonchev–Trinajstić information content (AvgIpc) is 3.20. The molecule has 142 valence electrons. The molecule has 3 aliphatic heterocycles. The van der Waals surface area contributed by atoms with E-state index in [1.54, 1.807) is 12.1 Å². The van der Waals surface area contributed by atoms with E-state index in [2.05, 4.69) is 15.5 Å². The van der Waals surface area contributed by atoms with Crippen LogP contribution in [0.1, 0.15) is 45.5 Å². The first-order chi connectivity index (χ1) is 13.0. The van der Waals surface area contributed by atoms with Crippen LogP contribution in [0.5, 0.6) is 0 Å². The van der Waals surface area contributed by atoms with Gasteiger partial charge in [-0.25, -0.2) is 0 Å². The molecule has 8 nitrogen and oxygen atoms in total. The second-order valence-corrected chi connectivity index (χ2v) is 7.30. The van der Waals surface area contributed by atoms with E-state index in [0.717, 1.165) is 30.0 Å². The molecular weight excluding hydrogens is 348 g/mol. The molecule has 0 bridgehead atoms. The topological polar surface area (TPSA) is 98.8 Å². The Morgan fingerprint density at radius 3 is 2.67 bits per heavy atom. The van der Waals surface area contributed by atoms with Crippen LogP contribution in [0.15, 0.2) is 18.2 Å². The second kappa shape index (κ2) is 6.86. The van der Waals surface area contributed by atoms with Crippen LogP contribution < -0.4 is 10.6 Å². The van der Waals surface area contributed by atoms with Crippen LogP contribution in [-0.2, 0) is 16.1 Å². The molecule has 2 N–H and O–H groups in total. The number of likely N-dealkylation sites (tertiary alicyclic amines) is 1. The van der Waals surface area contributed by atoms with Crippen molar-refractivity contribution in [3.05, 3.63) is 34.9 Å². The Hall–Kier alpha value is -2.58. The van der Waals surface area contributed by atoms with Crippen LogP contribution in [0.2, 0.25) is 0 Å². The van der Waals surface area contributed by atoms with Gasteiger partial charge in [0, 0.05) is 32.1 Å². The zero-order chi connectivity index (χ0) is 19.1. The summed E-state index contributed by atoms with van der Waals surface area (Å²) in [5.41, 5.74) is 1.53. The Kier molecular flexibility index (Phi) is 4.53. The summed E-state index contributed by atoms with van der Waals surface area (Å²) in [6.07, 6.45) is 1.33. The van der Waals surface area contributed by atoms with Crippen molar-refractivity contribution < 1.29 is 19.2 Å². The van der Waals surface area contributed by atoms with Crippen molar-refractivity contribution in [2.24, 2.45) is 0 Å². The van der Waals surface area contributed by atoms with Crippen LogP contribution in [0, 0.1) is 0 Å². The fourth-order valence-corrected chi connectivity index (χ4v) is 4.17. The van der Waals surface area contributed by atoms with Gasteiger partial charge in [0.25, 0.3) is 11.8 Å². The fourth-order valence-electron chi connectivity index (χ4n) is 4.17. The van der Waals surface area contributed by atoms with Gasteiger partial charge < -0.3 is 5.32 Å². The van der Waals surface area contributed by atoms with Gasteiger partial charge in [0.1, 0.15) is 6.04 Å². The number of benzene rings is 1. The lowest BCUT2D eigenvalue weighted by Crippen LogP contribution is -2.54. The lowest BCUT2D eigenvalue weighted by Gasteiger charge is -2.28. The third kappa shape index (κ3) is 3.04. The maximum atomic E-state index is 13.1. The highest BCUT2D eigenvalue weighted by Gasteiger charge is 2.45. The molecule has 2 fully saturated rings. The monoisotopic (exact) mass is 370 g/mol. The second-order valence-electron chi connectivity index (χ2n) is 7.30. The summed E-state index contributed by atoms with van der Waals surface area (Å²) in [5, 5.41) is 5.48. The van der Waals surface area contributed by atoms with Gasteiger partial charge in [0.05, 0.1) is 11.1 Å². The van der Waals surface area contributed by atoms with E-state index in [9.17, 15) is 19.2 Å². The smallest absolute Gasteiger partial charge is 0.262 e. The number of carbonyl (C=O) groups is 4. The quantitative estimate of drug-likeness (QED) is 0.717. The lowest BCUT2D eigenvalue weighted by atomic mass is 10.0. The third-order valence-corrected chi connectivity index (χ3v) is 5.63. The molecule has 2 atom stereocenters. The maximum Gasteiger partial charge on any atom is 0.262 e. The molecule has 0 radical (unpaired) electrons. The van der Waals surface area contributed by atoms with Crippen molar-refractivity contribution in [3.63, 3.8) is 0 Å². The van der Waals surface area contributed by atoms with Crippen molar-refractivity contribution in [2.75, 3.05) is 20.1 Å². The lowest BCUT2D eigenvalue weighted by molar-refractivity contribution is -0.136. The van der Waals surface area contributed by atoms with Gasteiger partial charge in [0.15, 0.2) is 0 Å². The number of likely N-dealkylation sites (N-methyl/N-ethyl adjacent to an activating group) is 1. The number of hydrogen-bond acceptors (Lipinski definition) is 6. The van der Waals surface area contributed by atoms with Crippen molar-refractivity contribution >= 4 is 23.6 Å². The Balaban J connectivity index is 1.60. The highest BCUT2D eigenvalue weighted by atomic mass is 16.2. The first-order valence-corrected chi connectivity index (χ1v) is 9.22. The SMILES string of the molecule is CNC1CCN(Cc2cccc3c2C(=O)N(C2CCC(=O)NC2=O)C3=O)C1. The van der Waals surface area contributed by atoms with Crippen molar-refractivity contribution in [3.8, 4) is 0 Å². The average molecular weight is 370 g/mol. The molecule has 0 spiro atoms. The molecule has 27 heavy (non-hydrogen) atoms. The summed E-state index contributed by atoms with van der Waals surface area (Å²) < 4.78 is 0. The minimum atomic E-state index is -0.927. The first-order valence-electron chi connectivity index (χ1n) is 9.22. The predicted octanol–water partition coefficient (Wildman–Crippen LogP) is -0.118. The van der Waals surface area contributed by atoms with Gasteiger partial charge in [0.2, 0.25) is 11.8 Å². The molecule has 3 heterocycles. The van der Waals surface area contributed by atoms with Gasteiger partial charge in [-0.3, -0.25) is 34.3 Å². The van der Waals surface area contributed by atoms with Gasteiger partial charge in [-0.1, -0.05) is 12.1 Å². The summed E-state index contributed by atoms with van der Waals surface area (Å²) in [4.78, 5) is 52.7. The van der Waals surface area contributed by atoms with E-state index < -0.39 is 23.8 Å². The van der Waals surface area contributed by atoms with E-state index in [1.165, 1.54) is 0 Å². The molecule has 3 aliphatic rings. The number of fused-ring (bicyclic) bond motifs is 1. The van der Waals surface area contributed by atoms with Gasteiger partial charge >= 0.3 is 0 Å². The van der Waals surface area contributed by atoms with Crippen molar-refractivity contribution in [1.82, 2.24) is 20.4 Å². The molecule has 0 saturated carbocycles. The van der Waals surface area contributed by atoms with Gasteiger partial charge in [-0.05, 0) is 31.5 Å². The molecule has 1 aromatic rings. The van der Waals surface area contributed by atoms with Crippen LogP contribution in [0.25, 0.3) is 0 Å². The van der Waals surface area contributed by atoms with Crippen LogP contribution in [-0.4, -0.2) is 65.6 Å². The summed E-state index contributed by atoms with van der Waals surface area (Å²) in [6, 6.07) is 4.78. The largest absolute Gasteiger partial charge is 0.316 e. The Bertz CT molecular complexity index is 837. The van der Waals surface area contributed by atoms with E-state index in [1.807, 2.05) is 13.1 Å². The zero-order valence-corrected chi connectivity index (χ0v) is 15.2. The van der Waals surface area contributed by atoms with E-state index >= 15 is 0 Å². The van der Waals surface area contributed by atoms with E-state index in [-0.39, 0.29) is 18.7 Å². The Morgan fingerprint density at radius 2 is 1.96 bits per heavy atom. The predicted molar refractivity (Wildman–Crippen MR) is 95.9 cm³/mol. The summed E-state index contributed by atoms with van der Waals surface area (Å²) in [5.74, 6) is -1.86. The number of carbonyl (C=O) groups excluding carboxylic acids is 4. The molecule has 4 amide bonds. The number of nitrogens with one attached hydrogen (secondary N) is 2. The number of hydrogen-bond donors (Lipinski definition) is 2.